The topological polar surface area (TPSA) is 53.8 Å². The summed E-state index contributed by atoms with van der Waals surface area (Å²) in [4.78, 5) is 16.2. The Hall–Kier alpha value is -2.04. The molecule has 1 unspecified atom stereocenters. The summed E-state index contributed by atoms with van der Waals surface area (Å²) in [6.07, 6.45) is 3.33. The lowest BCUT2D eigenvalue weighted by molar-refractivity contribution is -0.114. The minimum Gasteiger partial charge on any atom is -0.294 e. The molecule has 0 fully saturated rings. The predicted octanol–water partition coefficient (Wildman–Crippen LogP) is 2.16. The number of hydrogen-bond acceptors (Lipinski definition) is 4. The Bertz CT molecular complexity index is 679. The fourth-order valence-corrected chi connectivity index (χ4v) is 3.20. The third-order valence-corrected chi connectivity index (χ3v) is 3.92. The first-order valence-electron chi connectivity index (χ1n) is 6.42. The number of ketones is 1. The number of nitrogens with one attached hydrogen (secondary N) is 1. The molecule has 96 valence electrons. The van der Waals surface area contributed by atoms with E-state index < -0.39 is 5.97 Å². The molecule has 0 saturated heterocycles. The molecule has 2 aliphatic heterocycles. The third kappa shape index (κ3) is 1.41. The molecule has 4 rings (SSSR count). The smallest absolute Gasteiger partial charge is 0.238 e. The van der Waals surface area contributed by atoms with Crippen molar-refractivity contribution in [1.29, 1.82) is 0 Å². The second-order valence-electron chi connectivity index (χ2n) is 5.46. The van der Waals surface area contributed by atoms with Gasteiger partial charge in [0.05, 0.1) is 17.8 Å². The average Bonchev–Trinajstić information content (AvgIpc) is 2.64. The first-order chi connectivity index (χ1) is 9.13. The number of rotatable bonds is 0. The van der Waals surface area contributed by atoms with Gasteiger partial charge in [-0.25, -0.2) is 0 Å². The van der Waals surface area contributed by atoms with E-state index in [1.165, 1.54) is 6.08 Å². The van der Waals surface area contributed by atoms with E-state index in [-0.39, 0.29) is 17.8 Å². The van der Waals surface area contributed by atoms with E-state index in [2.05, 4.69) is 22.4 Å². The highest BCUT2D eigenvalue weighted by molar-refractivity contribution is 6.18. The molecule has 1 atom stereocenters. The van der Waals surface area contributed by atoms with Crippen LogP contribution in [0.1, 0.15) is 26.2 Å². The normalized spacial score (nSPS) is 28.4. The molecule has 0 bridgehead atoms. The Balaban J connectivity index is 1.99. The predicted molar refractivity (Wildman–Crippen MR) is 69.3 cm³/mol. The highest BCUT2D eigenvalue weighted by Crippen LogP contribution is 2.44. The first kappa shape index (κ1) is 10.8. The maximum Gasteiger partial charge on any atom is 0.238 e. The van der Waals surface area contributed by atoms with Gasteiger partial charge in [-0.1, -0.05) is 6.92 Å². The zero-order valence-corrected chi connectivity index (χ0v) is 10.5. The van der Waals surface area contributed by atoms with E-state index in [1.807, 2.05) is 0 Å². The molecule has 4 nitrogen and oxygen atoms in total. The Morgan fingerprint density at radius 3 is 3.05 bits per heavy atom. The first-order valence-corrected chi connectivity index (χ1v) is 6.42. The Labute approximate surface area is 109 Å². The summed E-state index contributed by atoms with van der Waals surface area (Å²) < 4.78 is 14.0. The summed E-state index contributed by atoms with van der Waals surface area (Å²) in [7, 11) is 0. The molecule has 2 aliphatic carbocycles. The van der Waals surface area contributed by atoms with Crippen molar-refractivity contribution in [3.05, 3.63) is 34.2 Å². The maximum absolute atomic E-state index is 14.0. The summed E-state index contributed by atoms with van der Waals surface area (Å²) in [6, 6.07) is 0. The molecule has 0 amide bonds. The number of aliphatic imine (C=N–C) groups is 1. The third-order valence-electron chi connectivity index (χ3n) is 3.92. The molecule has 4 aliphatic rings. The number of carbonyl (C=O) groups excluding carboxylic acids is 1. The van der Waals surface area contributed by atoms with Crippen LogP contribution in [0, 0.1) is 5.92 Å². The minimum atomic E-state index is -0.626. The van der Waals surface area contributed by atoms with E-state index in [0.29, 0.717) is 11.6 Å². The standard InChI is InChI=1S/C14H12FN3O/c1-6-2-9-13-11(3-6)17-18-14(15)8-4-7(19)5-10(16-9)12(8)13/h4,6,17H,2-3,5H2,1H3. The zero-order valence-electron chi connectivity index (χ0n) is 10.5. The van der Waals surface area contributed by atoms with Gasteiger partial charge in [0.15, 0.2) is 5.78 Å². The van der Waals surface area contributed by atoms with Gasteiger partial charge < -0.3 is 0 Å². The average molecular weight is 257 g/mol. The van der Waals surface area contributed by atoms with Crippen LogP contribution in [-0.4, -0.2) is 17.5 Å². The lowest BCUT2D eigenvalue weighted by atomic mass is 9.81. The van der Waals surface area contributed by atoms with Crippen LogP contribution in [0.5, 0.6) is 0 Å². The Morgan fingerprint density at radius 2 is 2.21 bits per heavy atom. The van der Waals surface area contributed by atoms with Gasteiger partial charge in [0.2, 0.25) is 5.97 Å². The van der Waals surface area contributed by atoms with Crippen LogP contribution >= 0.6 is 0 Å². The summed E-state index contributed by atoms with van der Waals surface area (Å²) in [5.74, 6) is -0.288. The van der Waals surface area contributed by atoms with Crippen LogP contribution in [0.2, 0.25) is 0 Å². The summed E-state index contributed by atoms with van der Waals surface area (Å²) >= 11 is 0. The molecule has 1 N–H and O–H groups in total. The van der Waals surface area contributed by atoms with E-state index >= 15 is 0 Å². The molecule has 0 aromatic heterocycles. The van der Waals surface area contributed by atoms with Crippen molar-refractivity contribution >= 4 is 17.5 Å². The Morgan fingerprint density at radius 1 is 1.37 bits per heavy atom. The summed E-state index contributed by atoms with van der Waals surface area (Å²) in [5.41, 5.74) is 7.46. The van der Waals surface area contributed by atoms with Gasteiger partial charge in [-0.3, -0.25) is 15.2 Å². The van der Waals surface area contributed by atoms with Gasteiger partial charge in [0, 0.05) is 22.4 Å². The van der Waals surface area contributed by atoms with E-state index in [9.17, 15) is 9.18 Å². The van der Waals surface area contributed by atoms with Crippen LogP contribution in [0.3, 0.4) is 0 Å². The van der Waals surface area contributed by atoms with E-state index in [1.54, 1.807) is 0 Å². The highest BCUT2D eigenvalue weighted by Gasteiger charge is 2.38. The minimum absolute atomic E-state index is 0.112. The van der Waals surface area contributed by atoms with Gasteiger partial charge in [0.25, 0.3) is 0 Å². The highest BCUT2D eigenvalue weighted by atomic mass is 19.1. The van der Waals surface area contributed by atoms with Crippen molar-refractivity contribution in [2.75, 3.05) is 0 Å². The van der Waals surface area contributed by atoms with Crippen molar-refractivity contribution in [2.24, 2.45) is 16.0 Å². The molecule has 19 heavy (non-hydrogen) atoms. The monoisotopic (exact) mass is 257 g/mol. The Kier molecular flexibility index (Phi) is 2.00. The molecular weight excluding hydrogens is 245 g/mol. The van der Waals surface area contributed by atoms with Gasteiger partial charge in [-0.05, 0) is 24.8 Å². The van der Waals surface area contributed by atoms with Crippen molar-refractivity contribution in [1.82, 2.24) is 5.43 Å². The van der Waals surface area contributed by atoms with Gasteiger partial charge in [-0.15, -0.1) is 5.10 Å². The van der Waals surface area contributed by atoms with Gasteiger partial charge >= 0.3 is 0 Å². The van der Waals surface area contributed by atoms with Gasteiger partial charge in [0.1, 0.15) is 0 Å². The van der Waals surface area contributed by atoms with Crippen LogP contribution in [-0.2, 0) is 4.79 Å². The van der Waals surface area contributed by atoms with Crippen molar-refractivity contribution in [2.45, 2.75) is 26.2 Å². The molecule has 0 spiro atoms. The number of nitrogens with zero attached hydrogens (tertiary/aromatic N) is 2. The summed E-state index contributed by atoms with van der Waals surface area (Å²) in [6.45, 7) is 2.14. The second-order valence-corrected chi connectivity index (χ2v) is 5.46. The molecule has 0 radical (unpaired) electrons. The number of halogens is 1. The maximum atomic E-state index is 14.0. The van der Waals surface area contributed by atoms with Crippen LogP contribution in [0.15, 0.2) is 44.3 Å². The number of allylic oxidation sites excluding steroid dienone is 6. The molecule has 5 heteroatoms. The summed E-state index contributed by atoms with van der Waals surface area (Å²) in [5, 5.41) is 3.75. The second kappa shape index (κ2) is 3.50. The molecule has 0 saturated carbocycles. The number of carbonyl (C=O) groups is 1. The van der Waals surface area contributed by atoms with E-state index in [4.69, 9.17) is 0 Å². The van der Waals surface area contributed by atoms with Crippen LogP contribution in [0.4, 0.5) is 4.39 Å². The zero-order chi connectivity index (χ0) is 13.1. The fraction of sp³-hybridized carbons (Fsp3) is 0.357. The van der Waals surface area contributed by atoms with Crippen molar-refractivity contribution in [3.63, 3.8) is 0 Å². The quantitative estimate of drug-likeness (QED) is 0.723. The fourth-order valence-electron chi connectivity index (χ4n) is 3.20. The molecule has 2 heterocycles. The lowest BCUT2D eigenvalue weighted by Crippen LogP contribution is -2.22. The molecule has 0 aromatic carbocycles. The van der Waals surface area contributed by atoms with Crippen molar-refractivity contribution in [3.8, 4) is 0 Å². The largest absolute Gasteiger partial charge is 0.294 e. The lowest BCUT2D eigenvalue weighted by Gasteiger charge is -2.23. The van der Waals surface area contributed by atoms with Crippen LogP contribution in [0.25, 0.3) is 0 Å². The van der Waals surface area contributed by atoms with Gasteiger partial charge in [-0.2, -0.15) is 4.39 Å². The number of hydrogen-bond donors (Lipinski definition) is 1. The van der Waals surface area contributed by atoms with Crippen LogP contribution < -0.4 is 5.43 Å². The SMILES string of the molecule is CC1CC2=NC3=C4C(=CC(=O)C3)C(F)=NNC(=C24)C1. The van der Waals surface area contributed by atoms with E-state index in [0.717, 1.165) is 35.4 Å². The number of hydrazone groups is 1. The molecule has 0 aromatic rings. The molecular formula is C14H12FN3O. The van der Waals surface area contributed by atoms with Crippen molar-refractivity contribution < 1.29 is 9.18 Å².